The first-order valence-corrected chi connectivity index (χ1v) is 14.2. The summed E-state index contributed by atoms with van der Waals surface area (Å²) in [6.45, 7) is 15.2. The highest BCUT2D eigenvalue weighted by atomic mass is 16.6. The number of allylic oxidation sites excluding steroid dienone is 2. The molecule has 0 amide bonds. The fourth-order valence-corrected chi connectivity index (χ4v) is 10.3. The molecule has 0 aromatic heterocycles. The van der Waals surface area contributed by atoms with Gasteiger partial charge < -0.3 is 25.2 Å². The third-order valence-corrected chi connectivity index (χ3v) is 12.6. The van der Waals surface area contributed by atoms with Crippen LogP contribution in [0, 0.1) is 45.3 Å². The number of aliphatic hydroxyl groups is 4. The van der Waals surface area contributed by atoms with Gasteiger partial charge in [-0.25, -0.2) is 0 Å². The maximum atomic E-state index is 11.1. The van der Waals surface area contributed by atoms with E-state index in [1.807, 2.05) is 0 Å². The van der Waals surface area contributed by atoms with Gasteiger partial charge in [-0.2, -0.15) is 0 Å². The number of hydrogen-bond acceptors (Lipinski definition) is 5. The lowest BCUT2D eigenvalue weighted by molar-refractivity contribution is -0.248. The first-order valence-electron chi connectivity index (χ1n) is 14.2. The Hall–Kier alpha value is -0.460. The van der Waals surface area contributed by atoms with E-state index in [0.717, 1.165) is 44.9 Å². The van der Waals surface area contributed by atoms with E-state index in [9.17, 15) is 20.4 Å². The van der Waals surface area contributed by atoms with Crippen LogP contribution in [0.5, 0.6) is 0 Å². The Kier molecular flexibility index (Phi) is 6.00. The highest BCUT2D eigenvalue weighted by molar-refractivity contribution is 5.33. The van der Waals surface area contributed by atoms with Gasteiger partial charge in [0.2, 0.25) is 0 Å². The van der Waals surface area contributed by atoms with Crippen molar-refractivity contribution >= 4 is 0 Å². The summed E-state index contributed by atoms with van der Waals surface area (Å²) in [6.07, 6.45) is 7.85. The summed E-state index contributed by atoms with van der Waals surface area (Å²) in [7, 11) is 0. The molecule has 4 aliphatic carbocycles. The molecule has 1 saturated heterocycles. The highest BCUT2D eigenvalue weighted by Crippen LogP contribution is 2.73. The van der Waals surface area contributed by atoms with E-state index in [4.69, 9.17) is 4.74 Å². The van der Waals surface area contributed by atoms with Crippen LogP contribution < -0.4 is 0 Å². The third-order valence-electron chi connectivity index (χ3n) is 12.6. The minimum Gasteiger partial charge on any atom is -0.390 e. The second kappa shape index (κ2) is 8.02. The number of fused-ring (bicyclic) bond motifs is 5. The van der Waals surface area contributed by atoms with E-state index in [-0.39, 0.29) is 33.7 Å². The summed E-state index contributed by atoms with van der Waals surface area (Å²) in [5, 5.41) is 43.3. The molecule has 200 valence electrons. The molecule has 0 aromatic carbocycles. The molecule has 1 heterocycles. The Morgan fingerprint density at radius 3 is 2.23 bits per heavy atom. The first kappa shape index (κ1) is 26.2. The zero-order chi connectivity index (χ0) is 25.8. The fraction of sp³-hybridized carbons (Fsp3) is 0.933. The van der Waals surface area contributed by atoms with Crippen LogP contribution in [-0.2, 0) is 4.74 Å². The summed E-state index contributed by atoms with van der Waals surface area (Å²) < 4.78 is 6.01. The summed E-state index contributed by atoms with van der Waals surface area (Å²) in [5.74, 6) is 1.35. The molecule has 4 fully saturated rings. The standard InChI is InChI=1S/C30H50O5/c1-26(2)22-10-9-20-19(28(22,5)16-21(31)24(26)32)13-15-29(6)18(12-14-30(20,29)7)17-8-11-23(27(3,4)34)35-25(17)33/h13,17-18,20-25,31-34H,8-12,14-16H2,1-7H3/t17?,18-,20-,21-,22+,23-,24+,25+,28-,29-,30+/m1/s1. The largest absolute Gasteiger partial charge is 0.390 e. The molecule has 11 atom stereocenters. The Labute approximate surface area is 212 Å². The minimum absolute atomic E-state index is 0.0825. The van der Waals surface area contributed by atoms with Gasteiger partial charge in [0.15, 0.2) is 6.29 Å². The number of rotatable bonds is 2. The average molecular weight is 491 g/mol. The molecule has 3 saturated carbocycles. The Morgan fingerprint density at radius 2 is 1.60 bits per heavy atom. The van der Waals surface area contributed by atoms with Crippen molar-refractivity contribution in [3.8, 4) is 0 Å². The van der Waals surface area contributed by atoms with E-state index in [0.29, 0.717) is 24.2 Å². The molecule has 5 heteroatoms. The van der Waals surface area contributed by atoms with Crippen molar-refractivity contribution in [3.63, 3.8) is 0 Å². The van der Waals surface area contributed by atoms with Crippen LogP contribution in [0.3, 0.4) is 0 Å². The fourth-order valence-electron chi connectivity index (χ4n) is 10.3. The molecule has 5 nitrogen and oxygen atoms in total. The molecular formula is C30H50O5. The van der Waals surface area contributed by atoms with Crippen molar-refractivity contribution in [2.75, 3.05) is 0 Å². The first-order chi connectivity index (χ1) is 16.1. The second-order valence-electron chi connectivity index (χ2n) is 14.9. The number of hydrogen-bond donors (Lipinski definition) is 4. The maximum Gasteiger partial charge on any atom is 0.158 e. The molecule has 0 bridgehead atoms. The molecule has 0 spiro atoms. The zero-order valence-corrected chi connectivity index (χ0v) is 23.1. The molecule has 0 radical (unpaired) electrons. The molecule has 1 unspecified atom stereocenters. The number of ether oxygens (including phenoxy) is 1. The van der Waals surface area contributed by atoms with Crippen LogP contribution >= 0.6 is 0 Å². The molecule has 4 N–H and O–H groups in total. The lowest BCUT2D eigenvalue weighted by Crippen LogP contribution is -2.61. The van der Waals surface area contributed by atoms with Crippen LogP contribution in [0.1, 0.15) is 99.8 Å². The molecular weight excluding hydrogens is 440 g/mol. The van der Waals surface area contributed by atoms with Gasteiger partial charge in [0, 0.05) is 5.92 Å². The van der Waals surface area contributed by atoms with Crippen molar-refractivity contribution in [1.82, 2.24) is 0 Å². The van der Waals surface area contributed by atoms with E-state index in [1.54, 1.807) is 13.8 Å². The zero-order valence-electron chi connectivity index (χ0n) is 23.1. The SMILES string of the molecule is CC(C)(O)[C@H]1CCC([C@H]2CC[C@@]3(C)[C@@H]4CC[C@H]5C(C)(C)[C@@H](O)[C@H](O)C[C@]5(C)C4=CC[C@]23C)[C@@H](O)O1. The summed E-state index contributed by atoms with van der Waals surface area (Å²) >= 11 is 0. The van der Waals surface area contributed by atoms with Crippen molar-refractivity contribution in [2.45, 2.75) is 130 Å². The van der Waals surface area contributed by atoms with E-state index in [2.05, 4.69) is 40.7 Å². The van der Waals surface area contributed by atoms with Gasteiger partial charge in [-0.1, -0.05) is 46.3 Å². The summed E-state index contributed by atoms with van der Waals surface area (Å²) in [6, 6.07) is 0. The van der Waals surface area contributed by atoms with E-state index in [1.165, 1.54) is 5.57 Å². The van der Waals surface area contributed by atoms with Crippen LogP contribution in [-0.4, -0.2) is 50.6 Å². The normalized spacial score (nSPS) is 53.9. The van der Waals surface area contributed by atoms with Crippen molar-refractivity contribution in [3.05, 3.63) is 11.6 Å². The monoisotopic (exact) mass is 490 g/mol. The summed E-state index contributed by atoms with van der Waals surface area (Å²) in [5.41, 5.74) is 0.440. The second-order valence-corrected chi connectivity index (χ2v) is 14.9. The van der Waals surface area contributed by atoms with Gasteiger partial charge >= 0.3 is 0 Å². The lowest BCUT2D eigenvalue weighted by atomic mass is 9.40. The van der Waals surface area contributed by atoms with Crippen LogP contribution in [0.2, 0.25) is 0 Å². The summed E-state index contributed by atoms with van der Waals surface area (Å²) in [4.78, 5) is 0. The number of aliphatic hydroxyl groups excluding tert-OH is 3. The molecule has 35 heavy (non-hydrogen) atoms. The Morgan fingerprint density at radius 1 is 0.914 bits per heavy atom. The van der Waals surface area contributed by atoms with Crippen LogP contribution in [0.25, 0.3) is 0 Å². The quantitative estimate of drug-likeness (QED) is 0.417. The lowest BCUT2D eigenvalue weighted by Gasteiger charge is -2.65. The van der Waals surface area contributed by atoms with Gasteiger partial charge in [0.25, 0.3) is 0 Å². The topological polar surface area (TPSA) is 90.2 Å². The Bertz CT molecular complexity index is 874. The smallest absolute Gasteiger partial charge is 0.158 e. The van der Waals surface area contributed by atoms with Gasteiger partial charge in [-0.15, -0.1) is 0 Å². The van der Waals surface area contributed by atoms with Crippen molar-refractivity contribution in [2.24, 2.45) is 45.3 Å². The van der Waals surface area contributed by atoms with Gasteiger partial charge in [-0.05, 0) is 105 Å². The molecule has 5 rings (SSSR count). The minimum atomic E-state index is -0.942. The van der Waals surface area contributed by atoms with Crippen LogP contribution in [0.15, 0.2) is 11.6 Å². The predicted octanol–water partition coefficient (Wildman–Crippen LogP) is 4.81. The maximum absolute atomic E-state index is 11.1. The van der Waals surface area contributed by atoms with Crippen molar-refractivity contribution in [1.29, 1.82) is 0 Å². The Balaban J connectivity index is 1.45. The predicted molar refractivity (Wildman–Crippen MR) is 136 cm³/mol. The third kappa shape index (κ3) is 3.51. The highest BCUT2D eigenvalue weighted by Gasteiger charge is 2.67. The van der Waals surface area contributed by atoms with Crippen molar-refractivity contribution < 1.29 is 25.2 Å². The average Bonchev–Trinajstić information content (AvgIpc) is 3.03. The molecule has 5 aliphatic rings. The van der Waals surface area contributed by atoms with Gasteiger partial charge in [0.1, 0.15) is 0 Å². The van der Waals surface area contributed by atoms with Crippen LogP contribution in [0.4, 0.5) is 0 Å². The van der Waals surface area contributed by atoms with Gasteiger partial charge in [0.05, 0.1) is 23.9 Å². The molecule has 0 aromatic rings. The van der Waals surface area contributed by atoms with E-state index < -0.39 is 24.1 Å². The van der Waals surface area contributed by atoms with E-state index >= 15 is 0 Å². The van der Waals surface area contributed by atoms with Gasteiger partial charge in [-0.3, -0.25) is 0 Å². The molecule has 1 aliphatic heterocycles.